The lowest BCUT2D eigenvalue weighted by Crippen LogP contribution is -2.22. The first kappa shape index (κ1) is 16.5. The smallest absolute Gasteiger partial charge is 0.273 e. The summed E-state index contributed by atoms with van der Waals surface area (Å²) in [4.78, 5) is 20.7. The van der Waals surface area contributed by atoms with Crippen LogP contribution in [-0.4, -0.2) is 15.9 Å². The molecule has 26 heavy (non-hydrogen) atoms. The van der Waals surface area contributed by atoms with Crippen LogP contribution in [0.15, 0.2) is 61.3 Å². The summed E-state index contributed by atoms with van der Waals surface area (Å²) < 4.78 is 16.2. The molecule has 7 nitrogen and oxygen atoms in total. The van der Waals surface area contributed by atoms with Crippen LogP contribution in [0.1, 0.15) is 27.7 Å². The van der Waals surface area contributed by atoms with Crippen LogP contribution in [-0.2, 0) is 12.3 Å². The summed E-state index contributed by atoms with van der Waals surface area (Å²) in [6.07, 6.45) is 2.89. The number of aromatic nitrogens is 2. The van der Waals surface area contributed by atoms with Gasteiger partial charge in [0.1, 0.15) is 17.5 Å². The van der Waals surface area contributed by atoms with Crippen molar-refractivity contribution >= 4 is 28.8 Å². The average molecular weight is 369 g/mol. The van der Waals surface area contributed by atoms with Gasteiger partial charge in [0.05, 0.1) is 18.6 Å². The highest BCUT2D eigenvalue weighted by molar-refractivity contribution is 7.98. The first-order valence-corrected chi connectivity index (χ1v) is 8.91. The Bertz CT molecular complexity index is 1040. The van der Waals surface area contributed by atoms with Gasteiger partial charge in [0.25, 0.3) is 11.1 Å². The maximum Gasteiger partial charge on any atom is 0.273 e. The van der Waals surface area contributed by atoms with Gasteiger partial charge in [-0.3, -0.25) is 4.79 Å². The van der Waals surface area contributed by atoms with Crippen LogP contribution >= 0.6 is 11.8 Å². The van der Waals surface area contributed by atoms with Crippen molar-refractivity contribution in [3.8, 4) is 0 Å². The van der Waals surface area contributed by atoms with Gasteiger partial charge in [-0.1, -0.05) is 17.8 Å². The SMILES string of the molecule is Cc1ccc2oc(SCc3nc(C(=O)NCc4ccco4)co3)nc2c1. The van der Waals surface area contributed by atoms with Gasteiger partial charge >= 0.3 is 0 Å². The number of aryl methyl sites for hydroxylation is 1. The second-order valence-corrected chi connectivity index (χ2v) is 6.55. The van der Waals surface area contributed by atoms with E-state index in [9.17, 15) is 4.79 Å². The van der Waals surface area contributed by atoms with E-state index in [4.69, 9.17) is 13.3 Å². The van der Waals surface area contributed by atoms with Gasteiger partial charge in [-0.2, -0.15) is 0 Å². The fraction of sp³-hybridized carbons (Fsp3) is 0.167. The summed E-state index contributed by atoms with van der Waals surface area (Å²) in [5.74, 6) is 1.19. The third-order valence-electron chi connectivity index (χ3n) is 3.63. The van der Waals surface area contributed by atoms with Gasteiger partial charge in [0.2, 0.25) is 5.89 Å². The Morgan fingerprint density at radius 3 is 3.00 bits per heavy atom. The number of amides is 1. The number of nitrogens with zero attached hydrogens (tertiary/aromatic N) is 2. The zero-order valence-electron chi connectivity index (χ0n) is 13.9. The van der Waals surface area contributed by atoms with Gasteiger partial charge in [0, 0.05) is 0 Å². The highest BCUT2D eigenvalue weighted by Gasteiger charge is 2.14. The largest absolute Gasteiger partial charge is 0.467 e. The van der Waals surface area contributed by atoms with Crippen molar-refractivity contribution in [3.63, 3.8) is 0 Å². The highest BCUT2D eigenvalue weighted by atomic mass is 32.2. The van der Waals surface area contributed by atoms with Crippen LogP contribution in [0.4, 0.5) is 0 Å². The highest BCUT2D eigenvalue weighted by Crippen LogP contribution is 2.26. The van der Waals surface area contributed by atoms with E-state index in [1.54, 1.807) is 18.4 Å². The number of furan rings is 1. The molecule has 4 aromatic rings. The van der Waals surface area contributed by atoms with Crippen molar-refractivity contribution in [2.24, 2.45) is 0 Å². The van der Waals surface area contributed by atoms with Gasteiger partial charge in [-0.05, 0) is 36.8 Å². The lowest BCUT2D eigenvalue weighted by molar-refractivity contribution is 0.0943. The van der Waals surface area contributed by atoms with Gasteiger partial charge in [0.15, 0.2) is 11.3 Å². The normalized spacial score (nSPS) is 11.1. The molecule has 0 aliphatic rings. The van der Waals surface area contributed by atoms with Crippen LogP contribution < -0.4 is 5.32 Å². The molecule has 8 heteroatoms. The summed E-state index contributed by atoms with van der Waals surface area (Å²) in [7, 11) is 0. The quantitative estimate of drug-likeness (QED) is 0.514. The van der Waals surface area contributed by atoms with Crippen molar-refractivity contribution in [3.05, 3.63) is 65.8 Å². The maximum absolute atomic E-state index is 12.1. The predicted molar refractivity (Wildman–Crippen MR) is 94.7 cm³/mol. The van der Waals surface area contributed by atoms with E-state index in [0.29, 0.717) is 29.2 Å². The molecule has 1 aromatic carbocycles. The fourth-order valence-corrected chi connectivity index (χ4v) is 3.05. The topological polar surface area (TPSA) is 94.3 Å². The Kier molecular flexibility index (Phi) is 4.49. The summed E-state index contributed by atoms with van der Waals surface area (Å²) in [5, 5.41) is 3.25. The van der Waals surface area contributed by atoms with Crippen molar-refractivity contribution in [2.75, 3.05) is 0 Å². The molecular weight excluding hydrogens is 354 g/mol. The molecule has 0 saturated heterocycles. The van der Waals surface area contributed by atoms with Crippen LogP contribution in [0.2, 0.25) is 0 Å². The number of carbonyl (C=O) groups is 1. The first-order chi connectivity index (χ1) is 12.7. The van der Waals surface area contributed by atoms with Crippen molar-refractivity contribution in [1.29, 1.82) is 0 Å². The van der Waals surface area contributed by atoms with Crippen LogP contribution in [0.25, 0.3) is 11.1 Å². The maximum atomic E-state index is 12.1. The molecule has 0 fully saturated rings. The van der Waals surface area contributed by atoms with E-state index in [1.165, 1.54) is 18.0 Å². The fourth-order valence-electron chi connectivity index (χ4n) is 2.35. The molecule has 3 heterocycles. The molecule has 0 aliphatic carbocycles. The molecule has 0 aliphatic heterocycles. The molecule has 0 spiro atoms. The zero-order valence-corrected chi connectivity index (χ0v) is 14.7. The molecular formula is C18H15N3O4S. The Balaban J connectivity index is 1.35. The van der Waals surface area contributed by atoms with E-state index in [2.05, 4.69) is 15.3 Å². The minimum atomic E-state index is -0.321. The van der Waals surface area contributed by atoms with Gasteiger partial charge in [-0.25, -0.2) is 9.97 Å². The number of carbonyl (C=O) groups excluding carboxylic acids is 1. The molecule has 0 atom stereocenters. The van der Waals surface area contributed by atoms with E-state index in [-0.39, 0.29) is 11.6 Å². The number of nitrogens with one attached hydrogen (secondary N) is 1. The Hall–Kier alpha value is -3.00. The van der Waals surface area contributed by atoms with Gasteiger partial charge in [-0.15, -0.1) is 0 Å². The third-order valence-corrected chi connectivity index (χ3v) is 4.44. The number of fused-ring (bicyclic) bond motifs is 1. The Morgan fingerprint density at radius 2 is 2.15 bits per heavy atom. The van der Waals surface area contributed by atoms with E-state index in [0.717, 1.165) is 16.7 Å². The number of thioether (sulfide) groups is 1. The second kappa shape index (κ2) is 7.09. The lowest BCUT2D eigenvalue weighted by Gasteiger charge is -1.98. The van der Waals surface area contributed by atoms with Crippen molar-refractivity contribution in [1.82, 2.24) is 15.3 Å². The summed E-state index contributed by atoms with van der Waals surface area (Å²) in [6.45, 7) is 2.30. The number of benzene rings is 1. The monoisotopic (exact) mass is 369 g/mol. The van der Waals surface area contributed by atoms with Gasteiger partial charge < -0.3 is 18.6 Å². The van der Waals surface area contributed by atoms with E-state index in [1.807, 2.05) is 25.1 Å². The van der Waals surface area contributed by atoms with Crippen molar-refractivity contribution < 1.29 is 18.0 Å². The Labute approximate surface area is 152 Å². The minimum Gasteiger partial charge on any atom is -0.467 e. The number of hydrogen-bond donors (Lipinski definition) is 1. The molecule has 1 amide bonds. The standard InChI is InChI=1S/C18H15N3O4S/c1-11-4-5-15-13(7-11)21-18(25-15)26-10-16-20-14(9-24-16)17(22)19-8-12-3-2-6-23-12/h2-7,9H,8,10H2,1H3,(H,19,22). The number of rotatable bonds is 6. The molecule has 0 unspecified atom stereocenters. The lowest BCUT2D eigenvalue weighted by atomic mass is 10.2. The first-order valence-electron chi connectivity index (χ1n) is 7.92. The Morgan fingerprint density at radius 1 is 1.23 bits per heavy atom. The van der Waals surface area contributed by atoms with Crippen LogP contribution in [0.5, 0.6) is 0 Å². The van der Waals surface area contributed by atoms with Crippen LogP contribution in [0.3, 0.4) is 0 Å². The average Bonchev–Trinajstić information content (AvgIpc) is 3.37. The summed E-state index contributed by atoms with van der Waals surface area (Å²) >= 11 is 1.36. The van der Waals surface area contributed by atoms with Crippen LogP contribution in [0, 0.1) is 6.92 Å². The molecule has 1 N–H and O–H groups in total. The molecule has 4 rings (SSSR count). The number of oxazole rings is 2. The molecule has 3 aromatic heterocycles. The summed E-state index contributed by atoms with van der Waals surface area (Å²) in [5.41, 5.74) is 2.90. The van der Waals surface area contributed by atoms with E-state index < -0.39 is 0 Å². The van der Waals surface area contributed by atoms with Crippen molar-refractivity contribution in [2.45, 2.75) is 24.4 Å². The second-order valence-electron chi connectivity index (χ2n) is 5.63. The molecule has 0 radical (unpaired) electrons. The van der Waals surface area contributed by atoms with E-state index >= 15 is 0 Å². The predicted octanol–water partition coefficient (Wildman–Crippen LogP) is 3.94. The zero-order chi connectivity index (χ0) is 17.9. The minimum absolute atomic E-state index is 0.223. The summed E-state index contributed by atoms with van der Waals surface area (Å²) in [6, 6.07) is 9.39. The number of hydrogen-bond acceptors (Lipinski definition) is 7. The molecule has 132 valence electrons. The third kappa shape index (κ3) is 3.65. The molecule has 0 saturated carbocycles. The molecule has 0 bridgehead atoms.